The van der Waals surface area contributed by atoms with Crippen molar-refractivity contribution in [2.24, 2.45) is 0 Å². The lowest BCUT2D eigenvalue weighted by Gasteiger charge is -2.13. The van der Waals surface area contributed by atoms with Crippen LogP contribution in [0.5, 0.6) is 0 Å². The minimum absolute atomic E-state index is 0.0836. The number of rotatable bonds is 5. The summed E-state index contributed by atoms with van der Waals surface area (Å²) >= 11 is 0. The first-order valence-corrected chi connectivity index (χ1v) is 6.27. The molecule has 0 aliphatic carbocycles. The molecule has 0 unspecified atom stereocenters. The topological polar surface area (TPSA) is 67.2 Å². The normalized spacial score (nSPS) is 10.8. The Morgan fingerprint density at radius 3 is 2.85 bits per heavy atom. The van der Waals surface area contributed by atoms with Gasteiger partial charge in [-0.1, -0.05) is 0 Å². The van der Waals surface area contributed by atoms with Crippen LogP contribution in [0.2, 0.25) is 0 Å². The van der Waals surface area contributed by atoms with Crippen molar-refractivity contribution in [1.82, 2.24) is 9.55 Å². The second kappa shape index (κ2) is 5.73. The Bertz CT molecular complexity index is 623. The number of hydrogen-bond acceptors (Lipinski definition) is 3. The van der Waals surface area contributed by atoms with Crippen molar-refractivity contribution < 1.29 is 14.3 Å². The molecule has 2 aromatic rings. The van der Waals surface area contributed by atoms with Crippen molar-refractivity contribution >= 4 is 11.7 Å². The largest absolute Gasteiger partial charge is 0.478 e. The standard InChI is InChI=1S/C14H16FN3O2/c1-9(2)18-4-3-16-13(18)8-17-12-6-10(14(19)20)5-11(15)7-12/h3-7,9,17H,8H2,1-2H3,(H,19,20). The van der Waals surface area contributed by atoms with Gasteiger partial charge >= 0.3 is 5.97 Å². The third-order valence-electron chi connectivity index (χ3n) is 2.90. The molecule has 20 heavy (non-hydrogen) atoms. The first-order valence-electron chi connectivity index (χ1n) is 6.27. The van der Waals surface area contributed by atoms with Crippen LogP contribution in [0.15, 0.2) is 30.6 Å². The predicted molar refractivity (Wildman–Crippen MR) is 73.3 cm³/mol. The molecule has 0 amide bonds. The van der Waals surface area contributed by atoms with E-state index >= 15 is 0 Å². The van der Waals surface area contributed by atoms with E-state index in [4.69, 9.17) is 5.11 Å². The maximum atomic E-state index is 13.3. The van der Waals surface area contributed by atoms with Crippen LogP contribution in [0.25, 0.3) is 0 Å². The average Bonchev–Trinajstić information content (AvgIpc) is 2.84. The number of anilines is 1. The van der Waals surface area contributed by atoms with Crippen LogP contribution in [0.4, 0.5) is 10.1 Å². The fourth-order valence-corrected chi connectivity index (χ4v) is 1.95. The minimum Gasteiger partial charge on any atom is -0.478 e. The van der Waals surface area contributed by atoms with Crippen molar-refractivity contribution in [1.29, 1.82) is 0 Å². The molecule has 0 fully saturated rings. The van der Waals surface area contributed by atoms with Gasteiger partial charge in [0.2, 0.25) is 0 Å². The number of halogens is 1. The molecule has 0 saturated heterocycles. The van der Waals surface area contributed by atoms with Crippen LogP contribution in [-0.2, 0) is 6.54 Å². The van der Waals surface area contributed by atoms with E-state index in [2.05, 4.69) is 10.3 Å². The van der Waals surface area contributed by atoms with Crippen LogP contribution >= 0.6 is 0 Å². The molecule has 0 atom stereocenters. The molecule has 1 heterocycles. The second-order valence-electron chi connectivity index (χ2n) is 4.73. The molecular formula is C14H16FN3O2. The van der Waals surface area contributed by atoms with Gasteiger partial charge in [0.25, 0.3) is 0 Å². The summed E-state index contributed by atoms with van der Waals surface area (Å²) in [4.78, 5) is 15.1. The van der Waals surface area contributed by atoms with Crippen molar-refractivity contribution in [2.75, 3.05) is 5.32 Å². The summed E-state index contributed by atoms with van der Waals surface area (Å²) in [5, 5.41) is 11.9. The van der Waals surface area contributed by atoms with E-state index in [1.54, 1.807) is 6.20 Å². The summed E-state index contributed by atoms with van der Waals surface area (Å²) in [6.07, 6.45) is 3.57. The lowest BCUT2D eigenvalue weighted by molar-refractivity contribution is 0.0696. The molecule has 2 rings (SSSR count). The molecule has 2 N–H and O–H groups in total. The van der Waals surface area contributed by atoms with E-state index in [9.17, 15) is 9.18 Å². The van der Waals surface area contributed by atoms with Gasteiger partial charge in [-0.15, -0.1) is 0 Å². The molecule has 0 radical (unpaired) electrons. The molecule has 106 valence electrons. The minimum atomic E-state index is -1.16. The zero-order chi connectivity index (χ0) is 14.7. The molecule has 1 aromatic heterocycles. The van der Waals surface area contributed by atoms with Crippen LogP contribution < -0.4 is 5.32 Å². The Morgan fingerprint density at radius 2 is 2.20 bits per heavy atom. The smallest absolute Gasteiger partial charge is 0.335 e. The lowest BCUT2D eigenvalue weighted by atomic mass is 10.2. The van der Waals surface area contributed by atoms with E-state index in [1.165, 1.54) is 12.1 Å². The van der Waals surface area contributed by atoms with E-state index in [1.807, 2.05) is 24.6 Å². The first kappa shape index (κ1) is 14.0. The fourth-order valence-electron chi connectivity index (χ4n) is 1.95. The van der Waals surface area contributed by atoms with Crippen molar-refractivity contribution in [2.45, 2.75) is 26.4 Å². The number of carboxylic acid groups (broad SMARTS) is 1. The van der Waals surface area contributed by atoms with Gasteiger partial charge in [0.05, 0.1) is 12.1 Å². The Labute approximate surface area is 116 Å². The number of hydrogen-bond donors (Lipinski definition) is 2. The van der Waals surface area contributed by atoms with Gasteiger partial charge in [-0.25, -0.2) is 14.2 Å². The highest BCUT2D eigenvalue weighted by atomic mass is 19.1. The van der Waals surface area contributed by atoms with Crippen LogP contribution in [0.1, 0.15) is 36.1 Å². The maximum absolute atomic E-state index is 13.3. The SMILES string of the molecule is CC(C)n1ccnc1CNc1cc(F)cc(C(=O)O)c1. The number of imidazole rings is 1. The van der Waals surface area contributed by atoms with Gasteiger partial charge in [0.1, 0.15) is 11.6 Å². The molecule has 0 aliphatic rings. The summed E-state index contributed by atoms with van der Waals surface area (Å²) < 4.78 is 15.3. The monoisotopic (exact) mass is 277 g/mol. The van der Waals surface area contributed by atoms with Crippen molar-refractivity contribution in [3.05, 3.63) is 47.8 Å². The second-order valence-corrected chi connectivity index (χ2v) is 4.73. The third-order valence-corrected chi connectivity index (χ3v) is 2.90. The maximum Gasteiger partial charge on any atom is 0.335 e. The number of aromatic nitrogens is 2. The third kappa shape index (κ3) is 3.14. The van der Waals surface area contributed by atoms with E-state index in [0.29, 0.717) is 12.2 Å². The number of nitrogens with zero attached hydrogens (tertiary/aromatic N) is 2. The lowest BCUT2D eigenvalue weighted by Crippen LogP contribution is -2.10. The van der Waals surface area contributed by atoms with Crippen LogP contribution in [-0.4, -0.2) is 20.6 Å². The number of carboxylic acids is 1. The van der Waals surface area contributed by atoms with E-state index < -0.39 is 11.8 Å². The molecule has 0 saturated carbocycles. The number of aromatic carboxylic acids is 1. The number of benzene rings is 1. The molecule has 0 bridgehead atoms. The van der Waals surface area contributed by atoms with Crippen LogP contribution in [0, 0.1) is 5.82 Å². The fraction of sp³-hybridized carbons (Fsp3) is 0.286. The molecule has 1 aromatic carbocycles. The highest BCUT2D eigenvalue weighted by Crippen LogP contribution is 2.16. The summed E-state index contributed by atoms with van der Waals surface area (Å²) in [6, 6.07) is 3.92. The van der Waals surface area contributed by atoms with Crippen LogP contribution in [0.3, 0.4) is 0 Å². The first-order chi connectivity index (χ1) is 9.47. The van der Waals surface area contributed by atoms with Crippen molar-refractivity contribution in [3.8, 4) is 0 Å². The Morgan fingerprint density at radius 1 is 1.45 bits per heavy atom. The van der Waals surface area contributed by atoms with E-state index in [-0.39, 0.29) is 11.6 Å². The van der Waals surface area contributed by atoms with Gasteiger partial charge in [-0.3, -0.25) is 0 Å². The Balaban J connectivity index is 2.14. The quantitative estimate of drug-likeness (QED) is 0.881. The molecule has 5 nitrogen and oxygen atoms in total. The highest BCUT2D eigenvalue weighted by Gasteiger charge is 2.09. The Kier molecular flexibility index (Phi) is 4.02. The molecule has 0 spiro atoms. The van der Waals surface area contributed by atoms with Crippen molar-refractivity contribution in [3.63, 3.8) is 0 Å². The summed E-state index contributed by atoms with van der Waals surface area (Å²) in [5.74, 6) is -0.933. The van der Waals surface area contributed by atoms with Gasteiger partial charge in [0, 0.05) is 24.1 Å². The molecule has 6 heteroatoms. The van der Waals surface area contributed by atoms with Gasteiger partial charge in [-0.2, -0.15) is 0 Å². The summed E-state index contributed by atoms with van der Waals surface area (Å²) in [5.41, 5.74) is 0.334. The Hall–Kier alpha value is -2.37. The number of carbonyl (C=O) groups is 1. The highest BCUT2D eigenvalue weighted by molar-refractivity contribution is 5.88. The zero-order valence-corrected chi connectivity index (χ0v) is 11.3. The summed E-state index contributed by atoms with van der Waals surface area (Å²) in [6.45, 7) is 4.47. The van der Waals surface area contributed by atoms with Gasteiger partial charge in [-0.05, 0) is 32.0 Å². The van der Waals surface area contributed by atoms with Gasteiger partial charge in [0.15, 0.2) is 0 Å². The number of nitrogens with one attached hydrogen (secondary N) is 1. The average molecular weight is 277 g/mol. The predicted octanol–water partition coefficient (Wildman–Crippen LogP) is 2.91. The summed E-state index contributed by atoms with van der Waals surface area (Å²) in [7, 11) is 0. The zero-order valence-electron chi connectivity index (χ0n) is 11.3. The molecular weight excluding hydrogens is 261 g/mol. The van der Waals surface area contributed by atoms with E-state index in [0.717, 1.165) is 11.9 Å². The van der Waals surface area contributed by atoms with Gasteiger partial charge < -0.3 is 15.0 Å². The molecule has 0 aliphatic heterocycles.